The van der Waals surface area contributed by atoms with Crippen molar-refractivity contribution in [2.24, 2.45) is 5.92 Å². The average Bonchev–Trinajstić information content (AvgIpc) is 2.28. The van der Waals surface area contributed by atoms with Crippen LogP contribution in [0.5, 0.6) is 0 Å². The molecule has 1 aliphatic carbocycles. The molecule has 0 aliphatic heterocycles. The number of nitrogens with one attached hydrogen (secondary N) is 1. The molecule has 0 spiro atoms. The van der Waals surface area contributed by atoms with Gasteiger partial charge in [0.15, 0.2) is 5.60 Å². The van der Waals surface area contributed by atoms with Gasteiger partial charge in [-0.15, -0.1) is 0 Å². The smallest absolute Gasteiger partial charge is 0.307 e. The van der Waals surface area contributed by atoms with Crippen molar-refractivity contribution in [3.8, 4) is 0 Å². The summed E-state index contributed by atoms with van der Waals surface area (Å²) in [5.74, 6) is -0.250. The van der Waals surface area contributed by atoms with Crippen molar-refractivity contribution in [2.45, 2.75) is 77.9 Å². The van der Waals surface area contributed by atoms with Gasteiger partial charge in [-0.25, -0.2) is 0 Å². The van der Waals surface area contributed by atoms with Gasteiger partial charge >= 0.3 is 5.97 Å². The molecule has 0 unspecified atom stereocenters. The maximum Gasteiger partial charge on any atom is 0.307 e. The number of amides is 1. The average molecular weight is 269 g/mol. The molecular formula is C15H27NO3. The van der Waals surface area contributed by atoms with Gasteiger partial charge in [-0.1, -0.05) is 33.1 Å². The van der Waals surface area contributed by atoms with E-state index in [-0.39, 0.29) is 23.8 Å². The Bertz CT molecular complexity index is 317. The number of hydrogen-bond acceptors (Lipinski definition) is 3. The van der Waals surface area contributed by atoms with Gasteiger partial charge in [0.2, 0.25) is 0 Å². The highest BCUT2D eigenvalue weighted by Gasteiger charge is 2.33. The van der Waals surface area contributed by atoms with E-state index in [0.29, 0.717) is 6.42 Å². The molecule has 0 aromatic heterocycles. The molecule has 110 valence electrons. The summed E-state index contributed by atoms with van der Waals surface area (Å²) in [7, 11) is 0. The summed E-state index contributed by atoms with van der Waals surface area (Å²) in [6.45, 7) is 7.22. The number of carbonyl (C=O) groups is 2. The van der Waals surface area contributed by atoms with Crippen molar-refractivity contribution in [3.05, 3.63) is 0 Å². The summed E-state index contributed by atoms with van der Waals surface area (Å²) in [5, 5.41) is 3.00. The normalized spacial score (nSPS) is 17.3. The van der Waals surface area contributed by atoms with Gasteiger partial charge in [0.05, 0.1) is 0 Å². The Balaban J connectivity index is 2.45. The lowest BCUT2D eigenvalue weighted by Gasteiger charge is -2.29. The lowest BCUT2D eigenvalue weighted by Crippen LogP contribution is -2.49. The van der Waals surface area contributed by atoms with E-state index in [2.05, 4.69) is 5.32 Å². The molecule has 1 fully saturated rings. The molecule has 1 amide bonds. The van der Waals surface area contributed by atoms with E-state index >= 15 is 0 Å². The maximum atomic E-state index is 12.2. The molecule has 1 saturated carbocycles. The Labute approximate surface area is 116 Å². The van der Waals surface area contributed by atoms with Crippen molar-refractivity contribution < 1.29 is 14.3 Å². The summed E-state index contributed by atoms with van der Waals surface area (Å²) >= 11 is 0. The molecule has 4 heteroatoms. The van der Waals surface area contributed by atoms with E-state index in [0.717, 1.165) is 12.8 Å². The Kier molecular flexibility index (Phi) is 5.83. The predicted molar refractivity (Wildman–Crippen MR) is 74.6 cm³/mol. The number of carbonyl (C=O) groups excluding carboxylic acids is 2. The Hall–Kier alpha value is -1.06. The molecule has 0 atom stereocenters. The van der Waals surface area contributed by atoms with Crippen LogP contribution in [0, 0.1) is 5.92 Å². The third-order valence-corrected chi connectivity index (χ3v) is 3.43. The van der Waals surface area contributed by atoms with Crippen molar-refractivity contribution >= 4 is 11.9 Å². The van der Waals surface area contributed by atoms with Crippen LogP contribution in [0.1, 0.15) is 66.2 Å². The van der Waals surface area contributed by atoms with Crippen LogP contribution in [-0.2, 0) is 14.3 Å². The van der Waals surface area contributed by atoms with Gasteiger partial charge in [0.1, 0.15) is 0 Å². The fourth-order valence-electron chi connectivity index (χ4n) is 2.31. The van der Waals surface area contributed by atoms with Crippen LogP contribution < -0.4 is 5.32 Å². The SMILES string of the molecule is CC(C)CC(=O)OC(C)(C)C(=O)NC1CCCCC1. The predicted octanol–water partition coefficient (Wildman–Crippen LogP) is 2.80. The van der Waals surface area contributed by atoms with E-state index < -0.39 is 5.60 Å². The fraction of sp³-hybridized carbons (Fsp3) is 0.867. The molecule has 1 aliphatic rings. The molecule has 1 N–H and O–H groups in total. The van der Waals surface area contributed by atoms with Gasteiger partial charge in [-0.05, 0) is 32.6 Å². The molecule has 19 heavy (non-hydrogen) atoms. The highest BCUT2D eigenvalue weighted by Crippen LogP contribution is 2.19. The van der Waals surface area contributed by atoms with Crippen LogP contribution >= 0.6 is 0 Å². The van der Waals surface area contributed by atoms with Crippen LogP contribution in [0.2, 0.25) is 0 Å². The first-order chi connectivity index (χ1) is 8.81. The molecular weight excluding hydrogens is 242 g/mol. The summed E-state index contributed by atoms with van der Waals surface area (Å²) in [5.41, 5.74) is -1.08. The zero-order valence-electron chi connectivity index (χ0n) is 12.6. The van der Waals surface area contributed by atoms with Crippen molar-refractivity contribution in [1.82, 2.24) is 5.32 Å². The van der Waals surface area contributed by atoms with Gasteiger partial charge in [0, 0.05) is 12.5 Å². The zero-order chi connectivity index (χ0) is 14.5. The molecule has 0 saturated heterocycles. The highest BCUT2D eigenvalue weighted by atomic mass is 16.6. The van der Waals surface area contributed by atoms with Crippen molar-refractivity contribution in [3.63, 3.8) is 0 Å². The van der Waals surface area contributed by atoms with Gasteiger partial charge in [-0.2, -0.15) is 0 Å². The zero-order valence-corrected chi connectivity index (χ0v) is 12.6. The standard InChI is InChI=1S/C15H27NO3/c1-11(2)10-13(17)19-15(3,4)14(18)16-12-8-6-5-7-9-12/h11-12H,5-10H2,1-4H3,(H,16,18). The van der Waals surface area contributed by atoms with Crippen molar-refractivity contribution in [1.29, 1.82) is 0 Å². The minimum Gasteiger partial charge on any atom is -0.450 e. The van der Waals surface area contributed by atoms with E-state index in [1.165, 1.54) is 19.3 Å². The second kappa shape index (κ2) is 6.92. The Morgan fingerprint density at radius 3 is 2.32 bits per heavy atom. The molecule has 0 aromatic rings. The fourth-order valence-corrected chi connectivity index (χ4v) is 2.31. The number of rotatable bonds is 5. The lowest BCUT2D eigenvalue weighted by atomic mass is 9.94. The molecule has 1 rings (SSSR count). The van der Waals surface area contributed by atoms with E-state index in [1.54, 1.807) is 13.8 Å². The lowest BCUT2D eigenvalue weighted by molar-refractivity contribution is -0.166. The molecule has 0 bridgehead atoms. The minimum atomic E-state index is -1.08. The third-order valence-electron chi connectivity index (χ3n) is 3.43. The molecule has 0 heterocycles. The summed E-state index contributed by atoms with van der Waals surface area (Å²) < 4.78 is 5.30. The highest BCUT2D eigenvalue weighted by molar-refractivity contribution is 5.87. The van der Waals surface area contributed by atoms with E-state index in [4.69, 9.17) is 4.74 Å². The summed E-state index contributed by atoms with van der Waals surface area (Å²) in [6.07, 6.45) is 5.99. The quantitative estimate of drug-likeness (QED) is 0.781. The second-order valence-electron chi connectivity index (χ2n) is 6.39. The van der Waals surface area contributed by atoms with Gasteiger partial charge in [0.25, 0.3) is 5.91 Å². The summed E-state index contributed by atoms with van der Waals surface area (Å²) in [6, 6.07) is 0.240. The third kappa shape index (κ3) is 5.62. The van der Waals surface area contributed by atoms with Crippen LogP contribution in [-0.4, -0.2) is 23.5 Å². The van der Waals surface area contributed by atoms with Crippen molar-refractivity contribution in [2.75, 3.05) is 0 Å². The van der Waals surface area contributed by atoms with Gasteiger partial charge < -0.3 is 10.1 Å². The van der Waals surface area contributed by atoms with E-state index in [1.807, 2.05) is 13.8 Å². The second-order valence-corrected chi connectivity index (χ2v) is 6.39. The van der Waals surface area contributed by atoms with Crippen LogP contribution in [0.25, 0.3) is 0 Å². The largest absolute Gasteiger partial charge is 0.450 e. The molecule has 0 radical (unpaired) electrons. The first-order valence-corrected chi connectivity index (χ1v) is 7.34. The van der Waals surface area contributed by atoms with E-state index in [9.17, 15) is 9.59 Å². The van der Waals surface area contributed by atoms with Crippen LogP contribution in [0.3, 0.4) is 0 Å². The Morgan fingerprint density at radius 1 is 1.21 bits per heavy atom. The first-order valence-electron chi connectivity index (χ1n) is 7.34. The molecule has 4 nitrogen and oxygen atoms in total. The Morgan fingerprint density at radius 2 is 1.79 bits per heavy atom. The maximum absolute atomic E-state index is 12.2. The topological polar surface area (TPSA) is 55.4 Å². The first kappa shape index (κ1) is 16.0. The van der Waals surface area contributed by atoms with Gasteiger partial charge in [-0.3, -0.25) is 9.59 Å². The summed E-state index contributed by atoms with van der Waals surface area (Å²) in [4.78, 5) is 23.8. The minimum absolute atomic E-state index is 0.184. The number of ether oxygens (including phenoxy) is 1. The van der Waals surface area contributed by atoms with Crippen LogP contribution in [0.15, 0.2) is 0 Å². The molecule has 0 aromatic carbocycles. The number of hydrogen-bond donors (Lipinski definition) is 1. The van der Waals surface area contributed by atoms with Crippen LogP contribution in [0.4, 0.5) is 0 Å². The number of esters is 1. The monoisotopic (exact) mass is 269 g/mol.